The van der Waals surface area contributed by atoms with Crippen LogP contribution in [0.4, 0.5) is 10.1 Å². The van der Waals surface area contributed by atoms with Gasteiger partial charge in [-0.05, 0) is 66.6 Å². The van der Waals surface area contributed by atoms with Crippen LogP contribution in [0.1, 0.15) is 29.7 Å². The van der Waals surface area contributed by atoms with Gasteiger partial charge >= 0.3 is 0 Å². The second kappa shape index (κ2) is 9.80. The minimum atomic E-state index is -0.961. The lowest BCUT2D eigenvalue weighted by Crippen LogP contribution is -2.29. The van der Waals surface area contributed by atoms with E-state index in [1.54, 1.807) is 55.5 Å². The zero-order chi connectivity index (χ0) is 25.1. The van der Waals surface area contributed by atoms with Crippen molar-refractivity contribution >= 4 is 28.8 Å². The first-order valence-corrected chi connectivity index (χ1v) is 10.7. The van der Waals surface area contributed by atoms with E-state index >= 15 is 0 Å². The highest BCUT2D eigenvalue weighted by molar-refractivity contribution is 6.51. The van der Waals surface area contributed by atoms with Crippen molar-refractivity contribution in [2.75, 3.05) is 19.1 Å². The van der Waals surface area contributed by atoms with Crippen molar-refractivity contribution in [3.63, 3.8) is 0 Å². The number of hydrogen-bond donors (Lipinski definition) is 1. The molecule has 0 saturated carbocycles. The number of benzene rings is 3. The van der Waals surface area contributed by atoms with E-state index in [0.717, 1.165) is 5.56 Å². The highest BCUT2D eigenvalue weighted by atomic mass is 19.1. The molecule has 0 bridgehead atoms. The Bertz CT molecular complexity index is 1310. The second-order valence-corrected chi connectivity index (χ2v) is 7.86. The molecule has 1 atom stereocenters. The van der Waals surface area contributed by atoms with Crippen molar-refractivity contribution in [3.8, 4) is 5.75 Å². The molecule has 0 aliphatic carbocycles. The van der Waals surface area contributed by atoms with E-state index in [4.69, 9.17) is 9.57 Å². The Labute approximate surface area is 201 Å². The Morgan fingerprint density at radius 1 is 0.914 bits per heavy atom. The number of aliphatic hydroxyl groups excluding tert-OH is 1. The van der Waals surface area contributed by atoms with Gasteiger partial charge in [-0.1, -0.05) is 29.4 Å². The van der Waals surface area contributed by atoms with Crippen LogP contribution in [-0.4, -0.2) is 36.7 Å². The molecule has 3 aromatic carbocycles. The van der Waals surface area contributed by atoms with Gasteiger partial charge in [-0.2, -0.15) is 0 Å². The van der Waals surface area contributed by atoms with E-state index in [2.05, 4.69) is 5.16 Å². The van der Waals surface area contributed by atoms with E-state index in [1.165, 1.54) is 43.4 Å². The summed E-state index contributed by atoms with van der Waals surface area (Å²) in [5.41, 5.74) is 2.57. The number of ether oxygens (including phenoxy) is 1. The topological polar surface area (TPSA) is 88.4 Å². The van der Waals surface area contributed by atoms with E-state index in [-0.39, 0.29) is 11.3 Å². The first kappa shape index (κ1) is 23.7. The number of ketones is 1. The first-order chi connectivity index (χ1) is 16.8. The molecule has 1 heterocycles. The normalized spacial score (nSPS) is 17.5. The fourth-order valence-corrected chi connectivity index (χ4v) is 4.02. The quantitative estimate of drug-likeness (QED) is 0.182. The number of amides is 1. The largest absolute Gasteiger partial charge is 0.507 e. The highest BCUT2D eigenvalue weighted by Crippen LogP contribution is 2.42. The molecule has 7 nitrogen and oxygen atoms in total. The summed E-state index contributed by atoms with van der Waals surface area (Å²) in [6.07, 6.45) is 0. The lowest BCUT2D eigenvalue weighted by molar-refractivity contribution is -0.132. The van der Waals surface area contributed by atoms with Gasteiger partial charge < -0.3 is 14.7 Å². The molecule has 178 valence electrons. The van der Waals surface area contributed by atoms with Crippen LogP contribution in [0.2, 0.25) is 0 Å². The molecular weight excluding hydrogens is 451 g/mol. The fourth-order valence-electron chi connectivity index (χ4n) is 4.02. The predicted octanol–water partition coefficient (Wildman–Crippen LogP) is 4.83. The standard InChI is InChI=1S/C27H23FN2O5/c1-16(29-35-3)17-6-12-21(13-7-17)30-24(18-4-10-20(28)11-5-18)23(26(32)27(30)33)25(31)19-8-14-22(34-2)15-9-19/h4-15,24,31H,1-3H3/b25-23-,29-16+. The summed E-state index contributed by atoms with van der Waals surface area (Å²) in [5.74, 6) is -1.86. The highest BCUT2D eigenvalue weighted by Gasteiger charge is 2.47. The number of Topliss-reactive ketones (excluding diaryl/α,β-unsaturated/α-hetero) is 1. The molecule has 1 aliphatic heterocycles. The van der Waals surface area contributed by atoms with Crippen molar-refractivity contribution in [2.45, 2.75) is 13.0 Å². The van der Waals surface area contributed by atoms with Gasteiger partial charge in [0.2, 0.25) is 0 Å². The third kappa shape index (κ3) is 4.50. The smallest absolute Gasteiger partial charge is 0.300 e. The summed E-state index contributed by atoms with van der Waals surface area (Å²) in [7, 11) is 2.96. The Morgan fingerprint density at radius 3 is 2.09 bits per heavy atom. The van der Waals surface area contributed by atoms with Crippen molar-refractivity contribution in [1.29, 1.82) is 0 Å². The number of oxime groups is 1. The molecule has 0 aromatic heterocycles. The second-order valence-electron chi connectivity index (χ2n) is 7.86. The van der Waals surface area contributed by atoms with E-state index in [0.29, 0.717) is 28.3 Å². The van der Waals surface area contributed by atoms with Gasteiger partial charge in [-0.3, -0.25) is 14.5 Å². The maximum atomic E-state index is 13.7. The molecule has 0 radical (unpaired) electrons. The molecule has 1 amide bonds. The molecule has 1 unspecified atom stereocenters. The Kier molecular flexibility index (Phi) is 6.64. The molecule has 4 rings (SSSR count). The zero-order valence-corrected chi connectivity index (χ0v) is 19.4. The number of rotatable bonds is 6. The Hall–Kier alpha value is -4.46. The van der Waals surface area contributed by atoms with Gasteiger partial charge in [0.05, 0.1) is 24.4 Å². The van der Waals surface area contributed by atoms with Crippen LogP contribution in [-0.2, 0) is 14.4 Å². The molecule has 3 aromatic rings. The average Bonchev–Trinajstić information content (AvgIpc) is 3.14. The molecule has 1 aliphatic rings. The number of nitrogens with zero attached hydrogens (tertiary/aromatic N) is 2. The summed E-state index contributed by atoms with van der Waals surface area (Å²) >= 11 is 0. The lowest BCUT2D eigenvalue weighted by Gasteiger charge is -2.25. The van der Waals surface area contributed by atoms with Crippen molar-refractivity contribution < 1.29 is 28.7 Å². The maximum Gasteiger partial charge on any atom is 0.300 e. The van der Waals surface area contributed by atoms with Crippen LogP contribution >= 0.6 is 0 Å². The van der Waals surface area contributed by atoms with Gasteiger partial charge in [0.1, 0.15) is 24.4 Å². The minimum Gasteiger partial charge on any atom is -0.507 e. The number of anilines is 1. The van der Waals surface area contributed by atoms with Crippen molar-refractivity contribution in [3.05, 3.63) is 101 Å². The maximum absolute atomic E-state index is 13.7. The fraction of sp³-hybridized carbons (Fsp3) is 0.148. The van der Waals surface area contributed by atoms with E-state index in [1.807, 2.05) is 0 Å². The minimum absolute atomic E-state index is 0.0898. The average molecular weight is 474 g/mol. The van der Waals surface area contributed by atoms with Crippen LogP contribution in [0.25, 0.3) is 5.76 Å². The predicted molar refractivity (Wildman–Crippen MR) is 130 cm³/mol. The first-order valence-electron chi connectivity index (χ1n) is 10.7. The van der Waals surface area contributed by atoms with Crippen LogP contribution in [0.3, 0.4) is 0 Å². The molecule has 1 fully saturated rings. The van der Waals surface area contributed by atoms with Gasteiger partial charge in [0.25, 0.3) is 11.7 Å². The van der Waals surface area contributed by atoms with E-state index < -0.39 is 23.5 Å². The number of aliphatic hydroxyl groups is 1. The van der Waals surface area contributed by atoms with Crippen molar-refractivity contribution in [2.24, 2.45) is 5.16 Å². The van der Waals surface area contributed by atoms with Gasteiger partial charge in [-0.25, -0.2) is 4.39 Å². The SMILES string of the molecule is CO/N=C(\C)c1ccc(N2C(=O)C(=O)/C(=C(\O)c3ccc(OC)cc3)C2c2ccc(F)cc2)cc1. The van der Waals surface area contributed by atoms with Crippen LogP contribution in [0.15, 0.2) is 83.5 Å². The monoisotopic (exact) mass is 474 g/mol. The number of methoxy groups -OCH3 is 1. The number of carbonyl (C=O) groups is 2. The molecule has 35 heavy (non-hydrogen) atoms. The summed E-state index contributed by atoms with van der Waals surface area (Å²) in [6.45, 7) is 1.78. The summed E-state index contributed by atoms with van der Waals surface area (Å²) in [5, 5.41) is 15.0. The Balaban J connectivity index is 1.86. The molecular formula is C27H23FN2O5. The Morgan fingerprint density at radius 2 is 1.51 bits per heavy atom. The van der Waals surface area contributed by atoms with Gasteiger partial charge in [0.15, 0.2) is 0 Å². The van der Waals surface area contributed by atoms with E-state index in [9.17, 15) is 19.1 Å². The van der Waals surface area contributed by atoms with Gasteiger partial charge in [-0.15, -0.1) is 0 Å². The van der Waals surface area contributed by atoms with Crippen LogP contribution in [0, 0.1) is 5.82 Å². The molecule has 1 saturated heterocycles. The number of halogens is 1. The third-order valence-electron chi connectivity index (χ3n) is 5.79. The summed E-state index contributed by atoms with van der Waals surface area (Å²) in [4.78, 5) is 32.5. The summed E-state index contributed by atoms with van der Waals surface area (Å²) < 4.78 is 18.8. The molecule has 0 spiro atoms. The zero-order valence-electron chi connectivity index (χ0n) is 19.4. The number of carbonyl (C=O) groups excluding carboxylic acids is 2. The van der Waals surface area contributed by atoms with Crippen LogP contribution in [0.5, 0.6) is 5.75 Å². The van der Waals surface area contributed by atoms with Crippen molar-refractivity contribution in [1.82, 2.24) is 0 Å². The summed E-state index contributed by atoms with van der Waals surface area (Å²) in [6, 6.07) is 17.8. The molecule has 8 heteroatoms. The van der Waals surface area contributed by atoms with Crippen LogP contribution < -0.4 is 9.64 Å². The lowest BCUT2D eigenvalue weighted by atomic mass is 9.95. The van der Waals surface area contributed by atoms with Gasteiger partial charge in [0, 0.05) is 11.3 Å². The third-order valence-corrected chi connectivity index (χ3v) is 5.79. The molecule has 1 N–H and O–H groups in total. The number of hydrogen-bond acceptors (Lipinski definition) is 6.